The molecule has 0 N–H and O–H groups in total. The highest BCUT2D eigenvalue weighted by Gasteiger charge is 2.11. The first-order valence-electron chi connectivity index (χ1n) is 7.88. The Morgan fingerprint density at radius 1 is 0.821 bits per heavy atom. The number of hydrogen-bond donors (Lipinski definition) is 0. The zero-order valence-electron chi connectivity index (χ0n) is 16.1. The van der Waals surface area contributed by atoms with Gasteiger partial charge in [0.15, 0.2) is 11.6 Å². The number of rotatable bonds is 4. The topological polar surface area (TPSA) is 122 Å². The van der Waals surface area contributed by atoms with Gasteiger partial charge in [0.05, 0.1) is 21.3 Å². The highest BCUT2D eigenvalue weighted by molar-refractivity contribution is 6.05. The average molecular weight is 390 g/mol. The molecule has 0 bridgehead atoms. The fourth-order valence-electron chi connectivity index (χ4n) is 1.49. The molecule has 0 amide bonds. The van der Waals surface area contributed by atoms with Gasteiger partial charge in [0.25, 0.3) is 0 Å². The van der Waals surface area contributed by atoms with E-state index in [1.165, 1.54) is 34.4 Å². The Morgan fingerprint density at radius 3 is 1.61 bits per heavy atom. The Bertz CT molecular complexity index is 743. The van der Waals surface area contributed by atoms with Gasteiger partial charge in [0.1, 0.15) is 6.42 Å². The molecule has 0 saturated carbocycles. The maximum Gasteiger partial charge on any atom is 0.507 e. The van der Waals surface area contributed by atoms with Crippen LogP contribution in [-0.2, 0) is 19.0 Å². The first kappa shape index (κ1) is 24.4. The van der Waals surface area contributed by atoms with Crippen LogP contribution in [0.3, 0.4) is 0 Å². The number of ether oxygens (including phenoxy) is 3. The highest BCUT2D eigenvalue weighted by atomic mass is 16.7. The molecule has 0 fully saturated rings. The Hall–Kier alpha value is -3.62. The molecule has 0 aliphatic carbocycles. The summed E-state index contributed by atoms with van der Waals surface area (Å²) in [5.41, 5.74) is 1.09. The van der Waals surface area contributed by atoms with Crippen LogP contribution < -0.4 is 0 Å². The average Bonchev–Trinajstić information content (AvgIpc) is 2.75. The third kappa shape index (κ3) is 11.1. The van der Waals surface area contributed by atoms with Crippen LogP contribution in [0.25, 0.3) is 0 Å². The normalized spacial score (nSPS) is 8.71. The molecule has 2 aromatic heterocycles. The van der Waals surface area contributed by atoms with E-state index in [4.69, 9.17) is 0 Å². The number of esters is 1. The van der Waals surface area contributed by atoms with Gasteiger partial charge in [-0.05, 0) is 31.2 Å². The standard InChI is InChI=1S/C9H9NO3.C7H7NO.C3H6O3/c1-13-9(12)5-8(11)7-3-2-4-10-6-7;1-6(9)7-3-2-4-8-5-7;1-5-3(4)6-2/h2-4,6H,5H2,1H3;2-5H,1H3;1-2H3. The Morgan fingerprint density at radius 2 is 1.32 bits per heavy atom. The zero-order chi connectivity index (χ0) is 21.4. The summed E-state index contributed by atoms with van der Waals surface area (Å²) >= 11 is 0. The summed E-state index contributed by atoms with van der Waals surface area (Å²) in [4.78, 5) is 49.9. The molecule has 9 heteroatoms. The fraction of sp³-hybridized carbons (Fsp3) is 0.263. The summed E-state index contributed by atoms with van der Waals surface area (Å²) in [5.74, 6) is -0.753. The molecule has 150 valence electrons. The molecule has 0 spiro atoms. The maximum atomic E-state index is 11.3. The molecule has 0 atom stereocenters. The summed E-state index contributed by atoms with van der Waals surface area (Å²) in [6.07, 6.45) is 5.30. The SMILES string of the molecule is CC(=O)c1cccnc1.COC(=O)CC(=O)c1cccnc1.COC(=O)OC. The minimum absolute atomic E-state index is 0.0584. The molecule has 28 heavy (non-hydrogen) atoms. The predicted molar refractivity (Wildman–Crippen MR) is 98.9 cm³/mol. The predicted octanol–water partition coefficient (Wildman–Crippen LogP) is 2.51. The quantitative estimate of drug-likeness (QED) is 0.440. The molecule has 2 heterocycles. The number of pyridine rings is 2. The second-order valence-electron chi connectivity index (χ2n) is 4.87. The fourth-order valence-corrected chi connectivity index (χ4v) is 1.49. The van der Waals surface area contributed by atoms with Gasteiger partial charge in [-0.3, -0.25) is 24.4 Å². The van der Waals surface area contributed by atoms with Gasteiger partial charge in [0, 0.05) is 35.9 Å². The van der Waals surface area contributed by atoms with E-state index in [0.29, 0.717) is 11.1 Å². The summed E-state index contributed by atoms with van der Waals surface area (Å²) in [7, 11) is 3.76. The third-order valence-corrected chi connectivity index (χ3v) is 2.92. The van der Waals surface area contributed by atoms with Crippen LogP contribution in [0.5, 0.6) is 0 Å². The van der Waals surface area contributed by atoms with E-state index in [1.54, 1.807) is 42.9 Å². The molecule has 0 saturated heterocycles. The van der Waals surface area contributed by atoms with Crippen LogP contribution in [0.2, 0.25) is 0 Å². The van der Waals surface area contributed by atoms with E-state index in [2.05, 4.69) is 24.2 Å². The Balaban J connectivity index is 0.000000423. The number of nitrogens with zero attached hydrogens (tertiary/aromatic N) is 2. The monoisotopic (exact) mass is 390 g/mol. The van der Waals surface area contributed by atoms with Crippen LogP contribution in [0.1, 0.15) is 34.1 Å². The lowest BCUT2D eigenvalue weighted by atomic mass is 10.1. The Labute approximate surface area is 162 Å². The smallest absolute Gasteiger partial charge is 0.469 e. The van der Waals surface area contributed by atoms with Crippen molar-refractivity contribution < 1.29 is 33.4 Å². The van der Waals surface area contributed by atoms with Crippen LogP contribution >= 0.6 is 0 Å². The van der Waals surface area contributed by atoms with Crippen molar-refractivity contribution in [3.63, 3.8) is 0 Å². The number of carbonyl (C=O) groups is 4. The summed E-state index contributed by atoms with van der Waals surface area (Å²) in [6, 6.07) is 6.74. The van der Waals surface area contributed by atoms with Crippen molar-refractivity contribution in [1.29, 1.82) is 0 Å². The molecule has 0 aliphatic rings. The van der Waals surface area contributed by atoms with Gasteiger partial charge in [-0.25, -0.2) is 4.79 Å². The molecule has 2 aromatic rings. The minimum Gasteiger partial charge on any atom is -0.469 e. The molecule has 2 rings (SSSR count). The summed E-state index contributed by atoms with van der Waals surface area (Å²) < 4.78 is 12.4. The van der Waals surface area contributed by atoms with Gasteiger partial charge in [-0.1, -0.05) is 0 Å². The van der Waals surface area contributed by atoms with Gasteiger partial charge in [-0.15, -0.1) is 0 Å². The van der Waals surface area contributed by atoms with Crippen molar-refractivity contribution in [2.24, 2.45) is 0 Å². The van der Waals surface area contributed by atoms with Gasteiger partial charge in [-0.2, -0.15) is 0 Å². The lowest BCUT2D eigenvalue weighted by molar-refractivity contribution is -0.139. The highest BCUT2D eigenvalue weighted by Crippen LogP contribution is 2.01. The minimum atomic E-state index is -0.657. The van der Waals surface area contributed by atoms with E-state index in [1.807, 2.05) is 0 Å². The molecule has 0 aliphatic heterocycles. The van der Waals surface area contributed by atoms with Crippen LogP contribution in [0.4, 0.5) is 4.79 Å². The molecule has 0 aromatic carbocycles. The third-order valence-electron chi connectivity index (χ3n) is 2.92. The van der Waals surface area contributed by atoms with Crippen molar-refractivity contribution in [2.45, 2.75) is 13.3 Å². The maximum absolute atomic E-state index is 11.3. The molecule has 0 radical (unpaired) electrons. The first-order valence-corrected chi connectivity index (χ1v) is 7.88. The number of methoxy groups -OCH3 is 3. The van der Waals surface area contributed by atoms with E-state index in [9.17, 15) is 19.2 Å². The van der Waals surface area contributed by atoms with E-state index < -0.39 is 12.1 Å². The van der Waals surface area contributed by atoms with Crippen molar-refractivity contribution in [1.82, 2.24) is 9.97 Å². The van der Waals surface area contributed by atoms with Crippen molar-refractivity contribution in [3.05, 3.63) is 60.2 Å². The molecular weight excluding hydrogens is 368 g/mol. The van der Waals surface area contributed by atoms with Crippen molar-refractivity contribution in [2.75, 3.05) is 21.3 Å². The number of aromatic nitrogens is 2. The zero-order valence-corrected chi connectivity index (χ0v) is 16.1. The number of hydrogen-bond acceptors (Lipinski definition) is 9. The first-order chi connectivity index (χ1) is 13.3. The van der Waals surface area contributed by atoms with Crippen LogP contribution in [0.15, 0.2) is 49.1 Å². The second-order valence-corrected chi connectivity index (χ2v) is 4.87. The van der Waals surface area contributed by atoms with Crippen molar-refractivity contribution in [3.8, 4) is 0 Å². The lowest BCUT2D eigenvalue weighted by Gasteiger charge is -1.97. The van der Waals surface area contributed by atoms with E-state index >= 15 is 0 Å². The van der Waals surface area contributed by atoms with Gasteiger partial charge >= 0.3 is 12.1 Å². The number of ketones is 2. The van der Waals surface area contributed by atoms with Crippen LogP contribution in [0, 0.1) is 0 Å². The number of Topliss-reactive ketones (excluding diaryl/α,β-unsaturated/α-hetero) is 2. The summed E-state index contributed by atoms with van der Waals surface area (Å²) in [6.45, 7) is 1.52. The lowest BCUT2D eigenvalue weighted by Crippen LogP contribution is -2.09. The largest absolute Gasteiger partial charge is 0.507 e. The number of carbonyl (C=O) groups excluding carboxylic acids is 4. The van der Waals surface area contributed by atoms with Gasteiger partial charge in [0.2, 0.25) is 0 Å². The molecular formula is C19H22N2O7. The second kappa shape index (κ2) is 14.5. The van der Waals surface area contributed by atoms with Gasteiger partial charge < -0.3 is 14.2 Å². The van der Waals surface area contributed by atoms with E-state index in [0.717, 1.165) is 0 Å². The van der Waals surface area contributed by atoms with Crippen LogP contribution in [-0.4, -0.2) is 55.0 Å². The van der Waals surface area contributed by atoms with Crippen molar-refractivity contribution >= 4 is 23.7 Å². The summed E-state index contributed by atoms with van der Waals surface area (Å²) in [5, 5.41) is 0. The Kier molecular flexibility index (Phi) is 12.7. The molecule has 0 unspecified atom stereocenters. The van der Waals surface area contributed by atoms with E-state index in [-0.39, 0.29) is 18.0 Å². The molecule has 9 nitrogen and oxygen atoms in total.